The quantitative estimate of drug-likeness (QED) is 0.928. The molecule has 5 nitrogen and oxygen atoms in total. The van der Waals surface area contributed by atoms with E-state index in [0.717, 1.165) is 5.69 Å². The van der Waals surface area contributed by atoms with Gasteiger partial charge in [0.25, 0.3) is 5.91 Å². The Hall–Kier alpha value is -2.89. The highest BCUT2D eigenvalue weighted by atomic mass is 19.1. The third kappa shape index (κ3) is 4.35. The molecule has 1 aliphatic rings. The molecule has 0 saturated carbocycles. The number of nitrogens with zero attached hydrogens (tertiary/aromatic N) is 2. The van der Waals surface area contributed by atoms with Crippen LogP contribution in [0.2, 0.25) is 0 Å². The van der Waals surface area contributed by atoms with Crippen LogP contribution in [0.1, 0.15) is 10.4 Å². The Bertz CT molecular complexity index is 743. The summed E-state index contributed by atoms with van der Waals surface area (Å²) in [5.74, 6) is -0.623. The lowest BCUT2D eigenvalue weighted by molar-refractivity contribution is -0.130. The van der Waals surface area contributed by atoms with E-state index in [9.17, 15) is 14.0 Å². The van der Waals surface area contributed by atoms with Gasteiger partial charge in [0, 0.05) is 37.4 Å². The van der Waals surface area contributed by atoms with Gasteiger partial charge in [-0.25, -0.2) is 4.39 Å². The van der Waals surface area contributed by atoms with Gasteiger partial charge in [0.2, 0.25) is 5.91 Å². The molecule has 3 rings (SSSR count). The molecule has 0 spiro atoms. The van der Waals surface area contributed by atoms with Gasteiger partial charge in [0.05, 0.1) is 6.54 Å². The van der Waals surface area contributed by atoms with Crippen molar-refractivity contribution in [1.29, 1.82) is 0 Å². The molecule has 0 bridgehead atoms. The van der Waals surface area contributed by atoms with Gasteiger partial charge in [0.15, 0.2) is 0 Å². The Morgan fingerprint density at radius 1 is 0.920 bits per heavy atom. The Kier molecular flexibility index (Phi) is 5.28. The fourth-order valence-corrected chi connectivity index (χ4v) is 2.81. The summed E-state index contributed by atoms with van der Waals surface area (Å²) in [5.41, 5.74) is 1.24. The van der Waals surface area contributed by atoms with E-state index < -0.39 is 5.82 Å². The highest BCUT2D eigenvalue weighted by molar-refractivity contribution is 5.94. The molecular formula is C19H20FN3O2. The number of hydrogen-bond donors (Lipinski definition) is 1. The van der Waals surface area contributed by atoms with Crippen LogP contribution in [-0.4, -0.2) is 54.3 Å². The average Bonchev–Trinajstić information content (AvgIpc) is 2.66. The molecule has 2 amide bonds. The monoisotopic (exact) mass is 341 g/mol. The van der Waals surface area contributed by atoms with Crippen LogP contribution in [0.15, 0.2) is 54.6 Å². The van der Waals surface area contributed by atoms with Gasteiger partial charge in [-0.15, -0.1) is 0 Å². The molecule has 2 aromatic rings. The highest BCUT2D eigenvalue weighted by Gasteiger charge is 2.24. The minimum atomic E-state index is -0.424. The Morgan fingerprint density at radius 3 is 2.28 bits per heavy atom. The van der Waals surface area contributed by atoms with Crippen molar-refractivity contribution in [1.82, 2.24) is 9.80 Å². The number of hydrogen-bond acceptors (Lipinski definition) is 3. The summed E-state index contributed by atoms with van der Waals surface area (Å²) < 4.78 is 13.3. The first-order valence-corrected chi connectivity index (χ1v) is 8.25. The van der Waals surface area contributed by atoms with Crippen molar-refractivity contribution in [2.45, 2.75) is 0 Å². The van der Waals surface area contributed by atoms with E-state index in [0.29, 0.717) is 31.7 Å². The number of halogens is 1. The number of carbonyl (C=O) groups excluding carboxylic acids is 2. The normalized spacial score (nSPS) is 14.3. The number of amides is 2. The molecule has 25 heavy (non-hydrogen) atoms. The molecule has 1 saturated heterocycles. The summed E-state index contributed by atoms with van der Waals surface area (Å²) in [5, 5.41) is 3.09. The SMILES string of the molecule is O=C(CNc1ccccc1)N1CCN(C(=O)c2cccc(F)c2)CC1. The van der Waals surface area contributed by atoms with Crippen LogP contribution < -0.4 is 5.32 Å². The Labute approximate surface area is 146 Å². The van der Waals surface area contributed by atoms with E-state index in [2.05, 4.69) is 5.32 Å². The van der Waals surface area contributed by atoms with Crippen LogP contribution in [0.3, 0.4) is 0 Å². The van der Waals surface area contributed by atoms with Gasteiger partial charge in [-0.2, -0.15) is 0 Å². The van der Waals surface area contributed by atoms with Gasteiger partial charge >= 0.3 is 0 Å². The topological polar surface area (TPSA) is 52.7 Å². The zero-order valence-electron chi connectivity index (χ0n) is 13.8. The lowest BCUT2D eigenvalue weighted by Crippen LogP contribution is -2.51. The molecule has 0 unspecified atom stereocenters. The standard InChI is InChI=1S/C19H20FN3O2/c20-16-6-4-5-15(13-16)19(25)23-11-9-22(10-12-23)18(24)14-21-17-7-2-1-3-8-17/h1-8,13,21H,9-12,14H2. The summed E-state index contributed by atoms with van der Waals surface area (Å²) in [6, 6.07) is 15.2. The molecule has 2 aromatic carbocycles. The van der Waals surface area contributed by atoms with Gasteiger partial charge in [-0.05, 0) is 30.3 Å². The zero-order valence-corrected chi connectivity index (χ0v) is 13.8. The number of rotatable bonds is 4. The number of anilines is 1. The number of nitrogens with one attached hydrogen (secondary N) is 1. The number of para-hydroxylation sites is 1. The number of piperazine rings is 1. The van der Waals surface area contributed by atoms with Crippen molar-refractivity contribution in [2.75, 3.05) is 38.0 Å². The van der Waals surface area contributed by atoms with Crippen LogP contribution in [0, 0.1) is 5.82 Å². The van der Waals surface area contributed by atoms with E-state index in [1.54, 1.807) is 15.9 Å². The molecule has 1 N–H and O–H groups in total. The van der Waals surface area contributed by atoms with E-state index >= 15 is 0 Å². The smallest absolute Gasteiger partial charge is 0.254 e. The predicted octanol–water partition coefficient (Wildman–Crippen LogP) is 2.22. The van der Waals surface area contributed by atoms with Gasteiger partial charge in [0.1, 0.15) is 5.82 Å². The molecule has 130 valence electrons. The van der Waals surface area contributed by atoms with Crippen molar-refractivity contribution in [3.63, 3.8) is 0 Å². The van der Waals surface area contributed by atoms with Gasteiger partial charge < -0.3 is 15.1 Å². The second-order valence-electron chi connectivity index (χ2n) is 5.90. The number of carbonyl (C=O) groups is 2. The minimum Gasteiger partial charge on any atom is -0.376 e. The van der Waals surface area contributed by atoms with E-state index in [1.165, 1.54) is 18.2 Å². The third-order valence-corrected chi connectivity index (χ3v) is 4.21. The van der Waals surface area contributed by atoms with Crippen LogP contribution in [-0.2, 0) is 4.79 Å². The van der Waals surface area contributed by atoms with Crippen LogP contribution in [0.25, 0.3) is 0 Å². The fraction of sp³-hybridized carbons (Fsp3) is 0.263. The van der Waals surface area contributed by atoms with Crippen molar-refractivity contribution >= 4 is 17.5 Å². The summed E-state index contributed by atoms with van der Waals surface area (Å²) in [6.45, 7) is 2.09. The Morgan fingerprint density at radius 2 is 1.60 bits per heavy atom. The largest absolute Gasteiger partial charge is 0.376 e. The molecule has 1 aliphatic heterocycles. The van der Waals surface area contributed by atoms with Crippen LogP contribution >= 0.6 is 0 Å². The van der Waals surface area contributed by atoms with Crippen LogP contribution in [0.5, 0.6) is 0 Å². The first-order chi connectivity index (χ1) is 12.1. The zero-order chi connectivity index (χ0) is 17.6. The van der Waals surface area contributed by atoms with Gasteiger partial charge in [-0.1, -0.05) is 24.3 Å². The summed E-state index contributed by atoms with van der Waals surface area (Å²) in [7, 11) is 0. The maximum Gasteiger partial charge on any atom is 0.254 e. The fourth-order valence-electron chi connectivity index (χ4n) is 2.81. The molecule has 1 fully saturated rings. The van der Waals surface area contributed by atoms with Crippen molar-refractivity contribution < 1.29 is 14.0 Å². The predicted molar refractivity (Wildman–Crippen MR) is 93.8 cm³/mol. The van der Waals surface area contributed by atoms with Crippen molar-refractivity contribution in [3.05, 3.63) is 66.0 Å². The average molecular weight is 341 g/mol. The van der Waals surface area contributed by atoms with E-state index in [1.807, 2.05) is 30.3 Å². The van der Waals surface area contributed by atoms with Gasteiger partial charge in [-0.3, -0.25) is 9.59 Å². The second-order valence-corrected chi connectivity index (χ2v) is 5.90. The summed E-state index contributed by atoms with van der Waals surface area (Å²) >= 11 is 0. The first kappa shape index (κ1) is 17.0. The third-order valence-electron chi connectivity index (χ3n) is 4.21. The molecular weight excluding hydrogens is 321 g/mol. The minimum absolute atomic E-state index is 0.00158. The molecule has 0 aromatic heterocycles. The van der Waals surface area contributed by atoms with Crippen molar-refractivity contribution in [2.24, 2.45) is 0 Å². The summed E-state index contributed by atoms with van der Waals surface area (Å²) in [6.07, 6.45) is 0. The maximum absolute atomic E-state index is 13.3. The molecule has 0 radical (unpaired) electrons. The maximum atomic E-state index is 13.3. The summed E-state index contributed by atoms with van der Waals surface area (Å²) in [4.78, 5) is 28.1. The lowest BCUT2D eigenvalue weighted by Gasteiger charge is -2.35. The molecule has 0 atom stereocenters. The first-order valence-electron chi connectivity index (χ1n) is 8.25. The number of benzene rings is 2. The molecule has 0 aliphatic carbocycles. The Balaban J connectivity index is 1.49. The molecule has 1 heterocycles. The van der Waals surface area contributed by atoms with E-state index in [-0.39, 0.29) is 18.4 Å². The second kappa shape index (κ2) is 7.79. The molecule has 6 heteroatoms. The highest BCUT2D eigenvalue weighted by Crippen LogP contribution is 2.11. The van der Waals surface area contributed by atoms with Crippen molar-refractivity contribution in [3.8, 4) is 0 Å². The lowest BCUT2D eigenvalue weighted by atomic mass is 10.1. The van der Waals surface area contributed by atoms with Crippen LogP contribution in [0.4, 0.5) is 10.1 Å². The van der Waals surface area contributed by atoms with E-state index in [4.69, 9.17) is 0 Å².